The smallest absolute Gasteiger partial charge is 0.277 e. The molecule has 3 aromatic rings. The molecule has 1 aliphatic rings. The van der Waals surface area contributed by atoms with Crippen molar-refractivity contribution in [1.82, 2.24) is 15.1 Å². The van der Waals surface area contributed by atoms with Crippen LogP contribution in [0.5, 0.6) is 5.75 Å². The van der Waals surface area contributed by atoms with Crippen molar-refractivity contribution in [3.05, 3.63) is 77.1 Å². The number of carbonyl (C=O) groups is 2. The van der Waals surface area contributed by atoms with Gasteiger partial charge in [0, 0.05) is 12.2 Å². The zero-order valence-electron chi connectivity index (χ0n) is 18.2. The zero-order valence-corrected chi connectivity index (χ0v) is 18.2. The number of benzene rings is 2. The summed E-state index contributed by atoms with van der Waals surface area (Å²) in [6.45, 7) is 6.23. The first-order valence-corrected chi connectivity index (χ1v) is 10.2. The minimum absolute atomic E-state index is 0.238. The molecule has 1 aromatic heterocycles. The van der Waals surface area contributed by atoms with Gasteiger partial charge in [0.05, 0.1) is 19.3 Å². The fourth-order valence-corrected chi connectivity index (χ4v) is 3.92. The van der Waals surface area contributed by atoms with E-state index in [-0.39, 0.29) is 18.4 Å². The highest BCUT2D eigenvalue weighted by atomic mass is 16.5. The van der Waals surface area contributed by atoms with Crippen molar-refractivity contribution in [1.29, 1.82) is 0 Å². The Hall–Kier alpha value is -3.61. The molecule has 0 saturated carbocycles. The molecule has 0 spiro atoms. The zero-order chi connectivity index (χ0) is 22.2. The molecular weight excluding hydrogens is 392 g/mol. The highest BCUT2D eigenvalue weighted by molar-refractivity contribution is 6.11. The number of amides is 2. The predicted octanol–water partition coefficient (Wildman–Crippen LogP) is 3.24. The number of ether oxygens (including phenoxy) is 1. The Kier molecular flexibility index (Phi) is 5.27. The molecule has 160 valence electrons. The van der Waals surface area contributed by atoms with Gasteiger partial charge in [-0.2, -0.15) is 5.10 Å². The SMILES string of the molecule is COc1ccc(CNC(=O)C2(C)Cn3nc(C)cc3C(=O)N2c2ccc(C)cc2)cc1. The number of hydrogen-bond acceptors (Lipinski definition) is 4. The quantitative estimate of drug-likeness (QED) is 0.690. The summed E-state index contributed by atoms with van der Waals surface area (Å²) in [4.78, 5) is 28.5. The molecule has 31 heavy (non-hydrogen) atoms. The van der Waals surface area contributed by atoms with Gasteiger partial charge in [-0.15, -0.1) is 0 Å². The Morgan fingerprint density at radius 3 is 2.45 bits per heavy atom. The van der Waals surface area contributed by atoms with E-state index in [0.29, 0.717) is 17.9 Å². The maximum Gasteiger partial charge on any atom is 0.277 e. The first-order chi connectivity index (χ1) is 14.8. The van der Waals surface area contributed by atoms with Gasteiger partial charge in [0.2, 0.25) is 5.91 Å². The second-order valence-corrected chi connectivity index (χ2v) is 8.11. The van der Waals surface area contributed by atoms with Crippen molar-refractivity contribution < 1.29 is 14.3 Å². The summed E-state index contributed by atoms with van der Waals surface area (Å²) in [5, 5.41) is 7.44. The van der Waals surface area contributed by atoms with Gasteiger partial charge in [-0.1, -0.05) is 29.8 Å². The summed E-state index contributed by atoms with van der Waals surface area (Å²) in [5.41, 5.74) is 2.80. The van der Waals surface area contributed by atoms with Crippen LogP contribution in [0.3, 0.4) is 0 Å². The summed E-state index contributed by atoms with van der Waals surface area (Å²) < 4.78 is 6.82. The molecule has 0 saturated heterocycles. The summed E-state index contributed by atoms with van der Waals surface area (Å²) in [5.74, 6) is 0.279. The summed E-state index contributed by atoms with van der Waals surface area (Å²) in [6, 6.07) is 16.9. The van der Waals surface area contributed by atoms with Gasteiger partial charge >= 0.3 is 0 Å². The lowest BCUT2D eigenvalue weighted by Gasteiger charge is -2.43. The second kappa shape index (κ2) is 7.91. The molecule has 2 amide bonds. The predicted molar refractivity (Wildman–Crippen MR) is 118 cm³/mol. The minimum Gasteiger partial charge on any atom is -0.497 e. The first kappa shape index (κ1) is 20.7. The van der Waals surface area contributed by atoms with Crippen molar-refractivity contribution in [3.8, 4) is 5.75 Å². The second-order valence-electron chi connectivity index (χ2n) is 8.11. The van der Waals surface area contributed by atoms with E-state index < -0.39 is 5.54 Å². The van der Waals surface area contributed by atoms with Crippen molar-refractivity contribution >= 4 is 17.5 Å². The molecule has 1 N–H and O–H groups in total. The molecule has 0 bridgehead atoms. The number of nitrogens with one attached hydrogen (secondary N) is 1. The molecule has 0 radical (unpaired) electrons. The lowest BCUT2D eigenvalue weighted by molar-refractivity contribution is -0.126. The van der Waals surface area contributed by atoms with E-state index in [4.69, 9.17) is 4.74 Å². The van der Waals surface area contributed by atoms with Crippen LogP contribution in [0.1, 0.15) is 34.2 Å². The van der Waals surface area contributed by atoms with Crippen LogP contribution in [0.25, 0.3) is 0 Å². The number of aryl methyl sites for hydroxylation is 2. The fourth-order valence-electron chi connectivity index (χ4n) is 3.92. The van der Waals surface area contributed by atoms with Crippen LogP contribution in [0.4, 0.5) is 5.69 Å². The average Bonchev–Trinajstić information content (AvgIpc) is 3.13. The molecular formula is C24H26N4O3. The number of nitrogens with zero attached hydrogens (tertiary/aromatic N) is 3. The Labute approximate surface area is 181 Å². The van der Waals surface area contributed by atoms with Crippen molar-refractivity contribution in [2.24, 2.45) is 0 Å². The van der Waals surface area contributed by atoms with Gasteiger partial charge in [0.15, 0.2) is 0 Å². The normalized spacial score (nSPS) is 17.9. The molecule has 1 aliphatic heterocycles. The third-order valence-electron chi connectivity index (χ3n) is 5.67. The van der Waals surface area contributed by atoms with Gasteiger partial charge in [0.1, 0.15) is 17.0 Å². The average molecular weight is 418 g/mol. The van der Waals surface area contributed by atoms with Gasteiger partial charge in [-0.3, -0.25) is 19.2 Å². The van der Waals surface area contributed by atoms with E-state index in [9.17, 15) is 9.59 Å². The Balaban J connectivity index is 1.66. The van der Waals surface area contributed by atoms with Crippen LogP contribution in [-0.2, 0) is 17.9 Å². The van der Waals surface area contributed by atoms with Crippen LogP contribution in [0.15, 0.2) is 54.6 Å². The van der Waals surface area contributed by atoms with Crippen LogP contribution >= 0.6 is 0 Å². The Bertz CT molecular complexity index is 1120. The van der Waals surface area contributed by atoms with Gasteiger partial charge in [0.25, 0.3) is 5.91 Å². The van der Waals surface area contributed by atoms with Gasteiger partial charge < -0.3 is 10.1 Å². The van der Waals surface area contributed by atoms with Crippen molar-refractivity contribution in [3.63, 3.8) is 0 Å². The van der Waals surface area contributed by atoms with E-state index >= 15 is 0 Å². The number of fused-ring (bicyclic) bond motifs is 1. The Morgan fingerprint density at radius 2 is 1.81 bits per heavy atom. The largest absolute Gasteiger partial charge is 0.497 e. The maximum absolute atomic E-state index is 13.5. The molecule has 0 fully saturated rings. The van der Waals surface area contributed by atoms with Crippen LogP contribution in [0.2, 0.25) is 0 Å². The standard InChI is InChI=1S/C24H26N4O3/c1-16-5-9-19(10-6-16)28-22(29)21-13-17(2)26-27(21)15-24(28,3)23(30)25-14-18-7-11-20(31-4)12-8-18/h5-13H,14-15H2,1-4H3,(H,25,30). The van der Waals surface area contributed by atoms with E-state index in [1.807, 2.05) is 62.4 Å². The third-order valence-corrected chi connectivity index (χ3v) is 5.67. The fraction of sp³-hybridized carbons (Fsp3) is 0.292. The van der Waals surface area contributed by atoms with Crippen LogP contribution in [-0.4, -0.2) is 34.2 Å². The molecule has 4 rings (SSSR count). The minimum atomic E-state index is -1.13. The molecule has 7 heteroatoms. The molecule has 1 atom stereocenters. The molecule has 1 unspecified atom stereocenters. The summed E-state index contributed by atoms with van der Waals surface area (Å²) >= 11 is 0. The van der Waals surface area contributed by atoms with Crippen molar-refractivity contribution in [2.75, 3.05) is 12.0 Å². The van der Waals surface area contributed by atoms with E-state index in [1.165, 1.54) is 0 Å². The Morgan fingerprint density at radius 1 is 1.13 bits per heavy atom. The first-order valence-electron chi connectivity index (χ1n) is 10.2. The monoisotopic (exact) mass is 418 g/mol. The number of aromatic nitrogens is 2. The number of carbonyl (C=O) groups excluding carboxylic acids is 2. The molecule has 0 aliphatic carbocycles. The molecule has 2 aromatic carbocycles. The molecule has 2 heterocycles. The highest BCUT2D eigenvalue weighted by Gasteiger charge is 2.48. The number of methoxy groups -OCH3 is 1. The lowest BCUT2D eigenvalue weighted by atomic mass is 9.93. The highest BCUT2D eigenvalue weighted by Crippen LogP contribution is 2.33. The summed E-state index contributed by atoms with van der Waals surface area (Å²) in [7, 11) is 1.61. The van der Waals surface area contributed by atoms with E-state index in [1.54, 1.807) is 29.7 Å². The number of rotatable bonds is 5. The van der Waals surface area contributed by atoms with Crippen LogP contribution < -0.4 is 15.0 Å². The third kappa shape index (κ3) is 3.79. The topological polar surface area (TPSA) is 76.5 Å². The lowest BCUT2D eigenvalue weighted by Crippen LogP contribution is -2.64. The van der Waals surface area contributed by atoms with Crippen molar-refractivity contribution in [2.45, 2.75) is 39.4 Å². The number of anilines is 1. The van der Waals surface area contributed by atoms with Gasteiger partial charge in [-0.25, -0.2) is 0 Å². The van der Waals surface area contributed by atoms with E-state index in [0.717, 1.165) is 22.6 Å². The molecule has 7 nitrogen and oxygen atoms in total. The number of hydrogen-bond donors (Lipinski definition) is 1. The van der Waals surface area contributed by atoms with Gasteiger partial charge in [-0.05, 0) is 56.7 Å². The van der Waals surface area contributed by atoms with Crippen LogP contribution in [0, 0.1) is 13.8 Å². The maximum atomic E-state index is 13.5. The van der Waals surface area contributed by atoms with E-state index in [2.05, 4.69) is 10.4 Å². The summed E-state index contributed by atoms with van der Waals surface area (Å²) in [6.07, 6.45) is 0.